The van der Waals surface area contributed by atoms with E-state index in [1.54, 1.807) is 35.2 Å². The minimum atomic E-state index is -1.22. The number of nitrogens with zero attached hydrogens (tertiary/aromatic N) is 2. The van der Waals surface area contributed by atoms with Gasteiger partial charge in [-0.15, -0.1) is 0 Å². The highest BCUT2D eigenvalue weighted by molar-refractivity contribution is 6.37. The van der Waals surface area contributed by atoms with Gasteiger partial charge in [0.25, 0.3) is 11.8 Å². The lowest BCUT2D eigenvalue weighted by atomic mass is 10.1. The number of phenols is 1. The van der Waals surface area contributed by atoms with Crippen LogP contribution in [-0.2, 0) is 4.79 Å². The van der Waals surface area contributed by atoms with Crippen molar-refractivity contribution in [3.63, 3.8) is 0 Å². The van der Waals surface area contributed by atoms with Crippen LogP contribution in [0.5, 0.6) is 17.2 Å². The van der Waals surface area contributed by atoms with E-state index < -0.39 is 18.4 Å². The molecule has 36 heavy (non-hydrogen) atoms. The average molecular weight is 531 g/mol. The topological polar surface area (TPSA) is 107 Å². The highest BCUT2D eigenvalue weighted by atomic mass is 35.5. The first-order chi connectivity index (χ1) is 17.2. The van der Waals surface area contributed by atoms with Gasteiger partial charge in [-0.1, -0.05) is 41.4 Å². The van der Waals surface area contributed by atoms with Gasteiger partial charge in [0.05, 0.1) is 15.6 Å². The Labute approximate surface area is 218 Å². The van der Waals surface area contributed by atoms with Crippen molar-refractivity contribution in [3.8, 4) is 17.2 Å². The van der Waals surface area contributed by atoms with Gasteiger partial charge in [-0.3, -0.25) is 19.3 Å². The van der Waals surface area contributed by atoms with Crippen molar-refractivity contribution in [1.82, 2.24) is 4.90 Å². The zero-order chi connectivity index (χ0) is 26.4. The molecule has 0 aromatic heterocycles. The van der Waals surface area contributed by atoms with E-state index in [1.807, 2.05) is 13.8 Å². The number of amides is 2. The molecule has 8 nitrogen and oxygen atoms in total. The quantitative estimate of drug-likeness (QED) is 0.367. The normalized spacial score (nSPS) is 10.6. The number of carboxylic acid groups (broad SMARTS) is 1. The maximum Gasteiger partial charge on any atom is 0.323 e. The van der Waals surface area contributed by atoms with E-state index in [4.69, 9.17) is 27.9 Å². The molecule has 0 fully saturated rings. The number of phenolic OH excluding ortho intramolecular Hbond substituents is 1. The summed E-state index contributed by atoms with van der Waals surface area (Å²) >= 11 is 12.9. The van der Waals surface area contributed by atoms with Crippen molar-refractivity contribution in [2.45, 2.75) is 13.8 Å². The molecule has 10 heteroatoms. The Bertz CT molecular complexity index is 1260. The third-order valence-electron chi connectivity index (χ3n) is 5.32. The Kier molecular flexibility index (Phi) is 8.79. The van der Waals surface area contributed by atoms with Gasteiger partial charge in [-0.05, 0) is 56.3 Å². The lowest BCUT2D eigenvalue weighted by Gasteiger charge is -2.23. The van der Waals surface area contributed by atoms with Crippen LogP contribution < -0.4 is 9.64 Å². The number of aromatic hydroxyl groups is 1. The first-order valence-corrected chi connectivity index (χ1v) is 11.8. The molecule has 0 atom stereocenters. The number of carbonyl (C=O) groups excluding carboxylic acids is 2. The van der Waals surface area contributed by atoms with Crippen molar-refractivity contribution in [2.75, 3.05) is 24.5 Å². The van der Waals surface area contributed by atoms with E-state index in [1.165, 1.54) is 30.3 Å². The van der Waals surface area contributed by atoms with Gasteiger partial charge in [0, 0.05) is 24.3 Å². The molecule has 0 aliphatic heterocycles. The van der Waals surface area contributed by atoms with Crippen LogP contribution in [-0.4, -0.2) is 52.5 Å². The third-order valence-corrected chi connectivity index (χ3v) is 5.88. The minimum absolute atomic E-state index is 0.0124. The number of hydrogen-bond acceptors (Lipinski definition) is 5. The molecule has 0 bridgehead atoms. The number of carboxylic acids is 1. The van der Waals surface area contributed by atoms with Crippen molar-refractivity contribution < 1.29 is 29.3 Å². The largest absolute Gasteiger partial charge is 0.507 e. The van der Waals surface area contributed by atoms with Gasteiger partial charge in [0.15, 0.2) is 5.75 Å². The van der Waals surface area contributed by atoms with Gasteiger partial charge >= 0.3 is 5.97 Å². The Balaban J connectivity index is 1.95. The molecule has 2 N–H and O–H groups in total. The molecule has 2 amide bonds. The van der Waals surface area contributed by atoms with Crippen LogP contribution >= 0.6 is 23.2 Å². The molecular formula is C26H24Cl2N2O6. The Hall–Kier alpha value is -3.75. The number of aliphatic carboxylic acids is 1. The molecule has 0 spiro atoms. The number of anilines is 1. The van der Waals surface area contributed by atoms with Gasteiger partial charge in [0.1, 0.15) is 18.0 Å². The lowest BCUT2D eigenvalue weighted by Crippen LogP contribution is -2.35. The molecule has 0 saturated carbocycles. The summed E-state index contributed by atoms with van der Waals surface area (Å²) in [6, 6.07) is 15.1. The number of ether oxygens (including phenoxy) is 1. The van der Waals surface area contributed by atoms with Crippen molar-refractivity contribution >= 4 is 46.7 Å². The molecule has 0 aliphatic rings. The summed E-state index contributed by atoms with van der Waals surface area (Å²) in [5, 5.41) is 19.6. The van der Waals surface area contributed by atoms with Crippen LogP contribution in [0.2, 0.25) is 10.0 Å². The summed E-state index contributed by atoms with van der Waals surface area (Å²) in [4.78, 5) is 39.8. The summed E-state index contributed by atoms with van der Waals surface area (Å²) in [6.07, 6.45) is 0. The van der Waals surface area contributed by atoms with Crippen LogP contribution in [0.1, 0.15) is 34.6 Å². The molecular weight excluding hydrogens is 507 g/mol. The molecule has 3 aromatic rings. The van der Waals surface area contributed by atoms with Crippen LogP contribution in [0.3, 0.4) is 0 Å². The van der Waals surface area contributed by atoms with Gasteiger partial charge < -0.3 is 19.8 Å². The summed E-state index contributed by atoms with van der Waals surface area (Å²) in [5.74, 6) is -2.09. The third kappa shape index (κ3) is 6.08. The van der Waals surface area contributed by atoms with Gasteiger partial charge in [-0.25, -0.2) is 0 Å². The monoisotopic (exact) mass is 530 g/mol. The van der Waals surface area contributed by atoms with Gasteiger partial charge in [0.2, 0.25) is 0 Å². The fraction of sp³-hybridized carbons (Fsp3) is 0.192. The second kappa shape index (κ2) is 11.8. The fourth-order valence-electron chi connectivity index (χ4n) is 3.50. The Morgan fingerprint density at radius 3 is 2.06 bits per heavy atom. The molecule has 0 heterocycles. The van der Waals surface area contributed by atoms with E-state index in [0.717, 1.165) is 4.90 Å². The highest BCUT2D eigenvalue weighted by Gasteiger charge is 2.24. The summed E-state index contributed by atoms with van der Waals surface area (Å²) < 4.78 is 5.83. The minimum Gasteiger partial charge on any atom is -0.507 e. The number of rotatable bonds is 9. The molecule has 188 valence electrons. The summed E-state index contributed by atoms with van der Waals surface area (Å²) in [5.41, 5.74) is 0.513. The number of benzene rings is 3. The van der Waals surface area contributed by atoms with E-state index in [0.29, 0.717) is 18.7 Å². The first kappa shape index (κ1) is 26.8. The molecule has 3 aromatic carbocycles. The summed E-state index contributed by atoms with van der Waals surface area (Å²) in [6.45, 7) is 3.97. The standard InChI is InChI=1S/C26H24Cl2N2O6/c1-3-29(4-2)26(35)19-14-18(10-11-22(19)31)36-24-20(27)12-17(13-21(24)28)30(15-23(32)33)25(34)16-8-6-5-7-9-16/h5-14,31H,3-4,15H2,1-2H3,(H,32,33). The van der Waals surface area contributed by atoms with E-state index in [2.05, 4.69) is 0 Å². The van der Waals surface area contributed by atoms with Gasteiger partial charge in [-0.2, -0.15) is 0 Å². The SMILES string of the molecule is CCN(CC)C(=O)c1cc(Oc2c(Cl)cc(N(CC(=O)O)C(=O)c3ccccc3)cc2Cl)ccc1O. The van der Waals surface area contributed by atoms with E-state index in [-0.39, 0.29) is 44.5 Å². The van der Waals surface area contributed by atoms with Crippen LogP contribution in [0.15, 0.2) is 60.7 Å². The molecule has 0 aliphatic carbocycles. The summed E-state index contributed by atoms with van der Waals surface area (Å²) in [7, 11) is 0. The smallest absolute Gasteiger partial charge is 0.323 e. The fourth-order valence-corrected chi connectivity index (χ4v) is 4.05. The van der Waals surface area contributed by atoms with Crippen molar-refractivity contribution in [1.29, 1.82) is 0 Å². The highest BCUT2D eigenvalue weighted by Crippen LogP contribution is 2.41. The second-order valence-corrected chi connectivity index (χ2v) is 8.46. The van der Waals surface area contributed by atoms with Crippen molar-refractivity contribution in [2.24, 2.45) is 0 Å². The average Bonchev–Trinajstić information content (AvgIpc) is 2.86. The Morgan fingerprint density at radius 1 is 0.889 bits per heavy atom. The van der Waals surface area contributed by atoms with E-state index >= 15 is 0 Å². The zero-order valence-electron chi connectivity index (χ0n) is 19.6. The molecule has 0 radical (unpaired) electrons. The maximum atomic E-state index is 13.0. The predicted octanol–water partition coefficient (Wildman–Crippen LogP) is 5.70. The molecule has 0 saturated heterocycles. The molecule has 0 unspecified atom stereocenters. The zero-order valence-corrected chi connectivity index (χ0v) is 21.1. The van der Waals surface area contributed by atoms with Crippen molar-refractivity contribution in [3.05, 3.63) is 81.8 Å². The lowest BCUT2D eigenvalue weighted by molar-refractivity contribution is -0.135. The second-order valence-electron chi connectivity index (χ2n) is 7.65. The maximum absolute atomic E-state index is 13.0. The van der Waals surface area contributed by atoms with Crippen LogP contribution in [0.4, 0.5) is 5.69 Å². The van der Waals surface area contributed by atoms with E-state index in [9.17, 15) is 24.6 Å². The first-order valence-electron chi connectivity index (χ1n) is 11.0. The number of hydrogen-bond donors (Lipinski definition) is 2. The predicted molar refractivity (Wildman–Crippen MR) is 138 cm³/mol. The van der Waals surface area contributed by atoms with Crippen LogP contribution in [0.25, 0.3) is 0 Å². The Morgan fingerprint density at radius 2 is 1.50 bits per heavy atom. The number of carbonyl (C=O) groups is 3. The number of halogens is 2. The van der Waals surface area contributed by atoms with Crippen LogP contribution in [0, 0.1) is 0 Å². The molecule has 3 rings (SSSR count).